The first-order valence-corrected chi connectivity index (χ1v) is 15.6. The molecule has 0 radical (unpaired) electrons. The molecule has 0 bridgehead atoms. The summed E-state index contributed by atoms with van der Waals surface area (Å²) in [5.74, 6) is 4.33. The molecule has 9 heteroatoms. The van der Waals surface area contributed by atoms with Crippen LogP contribution in [0.2, 0.25) is 0 Å². The van der Waals surface area contributed by atoms with E-state index in [1.165, 1.54) is 31.4 Å². The third kappa shape index (κ3) is 14.1. The molecule has 0 aromatic carbocycles. The summed E-state index contributed by atoms with van der Waals surface area (Å²) in [7, 11) is 0. The number of carbonyl (C=O) groups is 3. The van der Waals surface area contributed by atoms with Gasteiger partial charge in [0.2, 0.25) is 6.10 Å². The van der Waals surface area contributed by atoms with Crippen molar-refractivity contribution in [1.82, 2.24) is 0 Å². The number of aliphatic carboxylic acids is 1. The lowest BCUT2D eigenvalue weighted by molar-refractivity contribution is -0.134. The Balaban J connectivity index is 0.00000100. The zero-order valence-electron chi connectivity index (χ0n) is 27.6. The van der Waals surface area contributed by atoms with Crippen molar-refractivity contribution in [2.75, 3.05) is 19.8 Å². The van der Waals surface area contributed by atoms with E-state index in [2.05, 4.69) is 65.8 Å². The monoisotopic (exact) mass is 601 g/mol. The van der Waals surface area contributed by atoms with Crippen molar-refractivity contribution in [3.05, 3.63) is 11.8 Å². The zero-order valence-corrected chi connectivity index (χ0v) is 27.6. The maximum Gasteiger partial charge on any atom is 0.347 e. The summed E-state index contributed by atoms with van der Waals surface area (Å²) < 4.78 is 9.07. The quantitative estimate of drug-likeness (QED) is 0.0925. The van der Waals surface area contributed by atoms with Crippen molar-refractivity contribution in [3.8, 4) is 0 Å². The molecule has 3 aliphatic heterocycles. The van der Waals surface area contributed by atoms with Gasteiger partial charge in [0, 0.05) is 31.8 Å². The minimum Gasteiger partial charge on any atom is -0.498 e. The summed E-state index contributed by atoms with van der Waals surface area (Å²) in [5, 5.41) is 32.6. The van der Waals surface area contributed by atoms with Gasteiger partial charge in [-0.05, 0) is 60.8 Å². The van der Waals surface area contributed by atoms with E-state index in [1.54, 1.807) is 0 Å². The summed E-state index contributed by atoms with van der Waals surface area (Å²) in [6, 6.07) is 0. The Hall–Kier alpha value is -1.81. The van der Waals surface area contributed by atoms with E-state index in [-0.39, 0.29) is 24.9 Å². The number of carboxylic acid groups (broad SMARTS) is 1. The maximum atomic E-state index is 9.67. The molecule has 0 spiro atoms. The van der Waals surface area contributed by atoms with Crippen molar-refractivity contribution < 1.29 is 43.9 Å². The Kier molecular flexibility index (Phi) is 19.3. The summed E-state index contributed by atoms with van der Waals surface area (Å²) in [5.41, 5.74) is 0.287. The molecule has 9 nitrogen and oxygen atoms in total. The van der Waals surface area contributed by atoms with E-state index in [1.807, 2.05) is 0 Å². The first kappa shape index (κ1) is 40.2. The lowest BCUT2D eigenvalue weighted by Gasteiger charge is -2.41. The first-order valence-electron chi connectivity index (χ1n) is 15.6. The van der Waals surface area contributed by atoms with Gasteiger partial charge in [-0.2, -0.15) is 0 Å². The summed E-state index contributed by atoms with van der Waals surface area (Å²) in [4.78, 5) is 27.4. The molecule has 0 amide bonds. The molecule has 246 valence electrons. The van der Waals surface area contributed by atoms with Gasteiger partial charge in [0.1, 0.15) is 12.6 Å². The number of unbranched alkanes of at least 4 members (excludes halogenated alkanes) is 1. The maximum absolute atomic E-state index is 9.67. The van der Waals surface area contributed by atoms with Gasteiger partial charge < -0.3 is 39.1 Å². The average molecular weight is 602 g/mol. The Morgan fingerprint density at radius 2 is 1.67 bits per heavy atom. The second-order valence-electron chi connectivity index (χ2n) is 13.2. The number of aliphatic hydroxyl groups excluding tert-OH is 3. The van der Waals surface area contributed by atoms with Gasteiger partial charge in [-0.3, -0.25) is 4.79 Å². The van der Waals surface area contributed by atoms with Crippen LogP contribution in [0.3, 0.4) is 0 Å². The molecule has 3 aliphatic rings. The van der Waals surface area contributed by atoms with E-state index in [9.17, 15) is 9.90 Å². The number of allylic oxidation sites excluding steroid dienone is 2. The topological polar surface area (TPSA) is 144 Å². The van der Waals surface area contributed by atoms with Gasteiger partial charge in [0.05, 0.1) is 19.0 Å². The van der Waals surface area contributed by atoms with Crippen LogP contribution in [-0.4, -0.2) is 77.3 Å². The van der Waals surface area contributed by atoms with Crippen molar-refractivity contribution >= 4 is 18.5 Å². The van der Waals surface area contributed by atoms with Crippen LogP contribution < -0.4 is 0 Å². The summed E-state index contributed by atoms with van der Waals surface area (Å²) >= 11 is 0. The number of carbonyl (C=O) groups excluding carboxylic acids is 2. The number of aldehydes is 2. The Bertz CT molecular complexity index is 795. The number of epoxide rings is 2. The highest BCUT2D eigenvalue weighted by molar-refractivity contribution is 5.62. The molecule has 0 saturated carbocycles. The molecule has 0 aliphatic carbocycles. The van der Waals surface area contributed by atoms with E-state index >= 15 is 0 Å². The molecule has 0 aromatic heterocycles. The molecule has 2 saturated heterocycles. The molecule has 4 N–H and O–H groups in total. The normalized spacial score (nSPS) is 25.1. The fraction of sp³-hybridized carbons (Fsp3) is 0.848. The Morgan fingerprint density at radius 3 is 2.02 bits per heavy atom. The van der Waals surface area contributed by atoms with Gasteiger partial charge in [-0.1, -0.05) is 61.8 Å². The minimum atomic E-state index is -0.833. The highest BCUT2D eigenvalue weighted by atomic mass is 17.0. The second kappa shape index (κ2) is 20.2. The minimum absolute atomic E-state index is 0.124. The second-order valence-corrected chi connectivity index (χ2v) is 13.2. The van der Waals surface area contributed by atoms with Crippen molar-refractivity contribution in [1.29, 1.82) is 0 Å². The lowest BCUT2D eigenvalue weighted by Crippen LogP contribution is -2.40. The Labute approximate surface area is 254 Å². The Morgan fingerprint density at radius 1 is 1.12 bits per heavy atom. The van der Waals surface area contributed by atoms with Crippen molar-refractivity contribution in [2.24, 2.45) is 40.9 Å². The van der Waals surface area contributed by atoms with Crippen LogP contribution in [0, 0.1) is 40.9 Å². The van der Waals surface area contributed by atoms with Gasteiger partial charge in [0.25, 0.3) is 5.97 Å². The van der Waals surface area contributed by atoms with Crippen LogP contribution in [-0.2, 0) is 23.5 Å². The highest BCUT2D eigenvalue weighted by Gasteiger charge is 2.87. The number of hydrogen-bond acceptors (Lipinski definition) is 7. The molecule has 8 atom stereocenters. The number of aliphatic hydroxyl groups is 3. The van der Waals surface area contributed by atoms with Gasteiger partial charge >= 0.3 is 12.4 Å². The fourth-order valence-corrected chi connectivity index (χ4v) is 6.07. The standard InChI is InChI=1S/C25H45O3.C4H8O2.2C2H4O2/c1-15(2)20(25(7,8)19(6)22-23-24(26)28(22)23)11-9-16(3)13-18(5)21-12-10-17(4)14-27-21;5-3-1-2-4-6;1-2(3)4;3-1-2-4/h12,15-20,22-24,26H,9-11,13-14H2,1-8H3;3,6H,1-2,4H2;1H3,(H,3,4);1,4H,2H2/q+1;;;/t16-,17+,18-,19-,20-,22?,23+,24+;;;/m1.../s1. The molecular weight excluding hydrogens is 540 g/mol. The number of rotatable bonds is 14. The van der Waals surface area contributed by atoms with Crippen LogP contribution in [0.5, 0.6) is 0 Å². The summed E-state index contributed by atoms with van der Waals surface area (Å²) in [6.07, 6.45) is 10.4. The SMILES string of the molecule is CC(=O)O.CC(C)[C@@H](CC[C@@H](C)C[C@@H](C)C1=CC[C@H](C)CO1)C(C)(C)[C@H](C)C1[C@H]2[C@@H](O)[O+]12.O=CCCCO.O=CCO. The molecule has 3 rings (SSSR count). The van der Waals surface area contributed by atoms with Crippen LogP contribution in [0.25, 0.3) is 0 Å². The number of hydrogen-bond donors (Lipinski definition) is 4. The highest BCUT2D eigenvalue weighted by Crippen LogP contribution is 2.63. The van der Waals surface area contributed by atoms with E-state index < -0.39 is 5.97 Å². The fourth-order valence-electron chi connectivity index (χ4n) is 6.07. The van der Waals surface area contributed by atoms with Crippen molar-refractivity contribution in [2.45, 2.75) is 119 Å². The third-order valence-electron chi connectivity index (χ3n) is 8.81. The van der Waals surface area contributed by atoms with Crippen LogP contribution in [0.1, 0.15) is 101 Å². The number of carboxylic acids is 1. The lowest BCUT2D eigenvalue weighted by atomic mass is 9.62. The van der Waals surface area contributed by atoms with E-state index in [0.29, 0.717) is 60.9 Å². The predicted molar refractivity (Wildman–Crippen MR) is 165 cm³/mol. The van der Waals surface area contributed by atoms with Gasteiger partial charge in [-0.25, -0.2) is 0 Å². The zero-order chi connectivity index (χ0) is 32.6. The van der Waals surface area contributed by atoms with Crippen LogP contribution >= 0.6 is 0 Å². The largest absolute Gasteiger partial charge is 0.498 e. The van der Waals surface area contributed by atoms with Crippen molar-refractivity contribution in [3.63, 3.8) is 0 Å². The number of ether oxygens (including phenoxy) is 1. The van der Waals surface area contributed by atoms with Gasteiger partial charge in [0.15, 0.2) is 0 Å². The molecule has 0 aromatic rings. The molecule has 1 unspecified atom stereocenters. The predicted octanol–water partition coefficient (Wildman–Crippen LogP) is 5.17. The molecule has 3 heterocycles. The number of fused-ring (bicyclic) bond motifs is 1. The molecular formula is C33H61O9+. The van der Waals surface area contributed by atoms with Crippen LogP contribution in [0.15, 0.2) is 11.8 Å². The van der Waals surface area contributed by atoms with Crippen LogP contribution in [0.4, 0.5) is 0 Å². The first-order chi connectivity index (χ1) is 19.6. The average Bonchev–Trinajstić information content (AvgIpc) is 3.83. The summed E-state index contributed by atoms with van der Waals surface area (Å²) in [6.45, 7) is 20.9. The van der Waals surface area contributed by atoms with E-state index in [0.717, 1.165) is 25.7 Å². The van der Waals surface area contributed by atoms with E-state index in [4.69, 9.17) is 29.6 Å². The van der Waals surface area contributed by atoms with Gasteiger partial charge in [-0.15, -0.1) is 0 Å². The molecule has 42 heavy (non-hydrogen) atoms. The smallest absolute Gasteiger partial charge is 0.347 e. The third-order valence-corrected chi connectivity index (χ3v) is 8.81. The molecule has 2 fully saturated rings.